The van der Waals surface area contributed by atoms with E-state index in [0.29, 0.717) is 16.5 Å². The van der Waals surface area contributed by atoms with Crippen molar-refractivity contribution in [3.05, 3.63) is 37.8 Å². The van der Waals surface area contributed by atoms with Crippen LogP contribution in [0, 0.1) is 10.1 Å². The first kappa shape index (κ1) is 12.6. The summed E-state index contributed by atoms with van der Waals surface area (Å²) in [5, 5.41) is 10.7. The molecule has 0 aliphatic rings. The molecule has 0 aliphatic carbocycles. The second-order valence-electron chi connectivity index (χ2n) is 3.06. The summed E-state index contributed by atoms with van der Waals surface area (Å²) in [6.45, 7) is 1.86. The number of ether oxygens (including phenoxy) is 1. The number of benzene rings is 1. The third kappa shape index (κ3) is 2.38. The summed E-state index contributed by atoms with van der Waals surface area (Å²) in [6, 6.07) is 2.80. The second kappa shape index (κ2) is 5.07. The molecule has 0 saturated heterocycles. The maximum Gasteiger partial charge on any atom is 0.338 e. The van der Waals surface area contributed by atoms with Crippen LogP contribution < -0.4 is 0 Å². The molecule has 1 aromatic rings. The lowest BCUT2D eigenvalue weighted by atomic mass is 10.0. The lowest BCUT2D eigenvalue weighted by Crippen LogP contribution is -2.06. The van der Waals surface area contributed by atoms with Crippen molar-refractivity contribution in [3.8, 4) is 0 Å². The van der Waals surface area contributed by atoms with E-state index < -0.39 is 10.9 Å². The molecule has 16 heavy (non-hydrogen) atoms. The largest absolute Gasteiger partial charge is 0.465 e. The Labute approximate surface area is 101 Å². The predicted molar refractivity (Wildman–Crippen MR) is 61.5 cm³/mol. The Hall–Kier alpha value is -1.43. The number of hydrogen-bond acceptors (Lipinski definition) is 4. The lowest BCUT2D eigenvalue weighted by Gasteiger charge is -2.06. The van der Waals surface area contributed by atoms with Crippen LogP contribution >= 0.6 is 15.9 Å². The minimum atomic E-state index is -0.563. The highest BCUT2D eigenvalue weighted by atomic mass is 79.9. The highest BCUT2D eigenvalue weighted by Gasteiger charge is 2.20. The van der Waals surface area contributed by atoms with Crippen LogP contribution in [0.5, 0.6) is 0 Å². The van der Waals surface area contributed by atoms with Crippen molar-refractivity contribution < 1.29 is 14.5 Å². The van der Waals surface area contributed by atoms with Crippen LogP contribution in [-0.4, -0.2) is 18.0 Å². The molecule has 86 valence electrons. The molecule has 0 heterocycles. The Bertz CT molecular complexity index is 445. The highest BCUT2D eigenvalue weighted by Crippen LogP contribution is 2.29. The number of rotatable bonds is 3. The number of carbonyl (C=O) groups excluding carboxylic acids is 1. The van der Waals surface area contributed by atoms with Gasteiger partial charge < -0.3 is 4.74 Å². The molecule has 0 bridgehead atoms. The Morgan fingerprint density at radius 2 is 2.19 bits per heavy atom. The van der Waals surface area contributed by atoms with E-state index >= 15 is 0 Å². The monoisotopic (exact) mass is 287 g/mol. The van der Waals surface area contributed by atoms with Crippen LogP contribution in [-0.2, 0) is 11.2 Å². The van der Waals surface area contributed by atoms with Crippen LogP contribution in [0.3, 0.4) is 0 Å². The van der Waals surface area contributed by atoms with Gasteiger partial charge in [0.05, 0.1) is 22.1 Å². The van der Waals surface area contributed by atoms with Crippen molar-refractivity contribution in [1.82, 2.24) is 0 Å². The number of halogens is 1. The van der Waals surface area contributed by atoms with E-state index in [0.717, 1.165) is 0 Å². The van der Waals surface area contributed by atoms with Gasteiger partial charge in [-0.15, -0.1) is 0 Å². The minimum absolute atomic E-state index is 0.141. The molecule has 1 aromatic carbocycles. The number of nitro benzene ring substituents is 1. The molecular weight excluding hydrogens is 278 g/mol. The maximum atomic E-state index is 11.4. The average Bonchev–Trinajstić information content (AvgIpc) is 2.27. The van der Waals surface area contributed by atoms with Crippen molar-refractivity contribution >= 4 is 27.6 Å². The highest BCUT2D eigenvalue weighted by molar-refractivity contribution is 9.10. The Balaban J connectivity index is 3.40. The van der Waals surface area contributed by atoms with Gasteiger partial charge in [0.1, 0.15) is 0 Å². The van der Waals surface area contributed by atoms with Gasteiger partial charge in [0, 0.05) is 6.07 Å². The zero-order valence-corrected chi connectivity index (χ0v) is 10.4. The van der Waals surface area contributed by atoms with Gasteiger partial charge in [-0.05, 0) is 34.0 Å². The van der Waals surface area contributed by atoms with Crippen molar-refractivity contribution in [3.63, 3.8) is 0 Å². The minimum Gasteiger partial charge on any atom is -0.465 e. The van der Waals surface area contributed by atoms with Gasteiger partial charge in [0.15, 0.2) is 0 Å². The third-order valence-corrected chi connectivity index (χ3v) is 2.79. The fourth-order valence-electron chi connectivity index (χ4n) is 1.34. The number of nitro groups is 1. The smallest absolute Gasteiger partial charge is 0.338 e. The summed E-state index contributed by atoms with van der Waals surface area (Å²) in [6.07, 6.45) is 0.598. The van der Waals surface area contributed by atoms with E-state index in [2.05, 4.69) is 20.7 Å². The summed E-state index contributed by atoms with van der Waals surface area (Å²) in [5.74, 6) is -0.563. The van der Waals surface area contributed by atoms with Gasteiger partial charge in [0.2, 0.25) is 0 Å². The summed E-state index contributed by atoms with van der Waals surface area (Å²) in [5.41, 5.74) is 0.807. The van der Waals surface area contributed by atoms with E-state index in [1.807, 2.05) is 6.92 Å². The van der Waals surface area contributed by atoms with Gasteiger partial charge in [-0.3, -0.25) is 10.1 Å². The third-order valence-electron chi connectivity index (χ3n) is 2.16. The summed E-state index contributed by atoms with van der Waals surface area (Å²) < 4.78 is 4.94. The van der Waals surface area contributed by atoms with Crippen LogP contribution in [0.25, 0.3) is 0 Å². The molecule has 0 atom stereocenters. The number of nitrogens with zero attached hydrogens (tertiary/aromatic N) is 1. The van der Waals surface area contributed by atoms with Gasteiger partial charge in [-0.25, -0.2) is 4.79 Å². The molecule has 1 rings (SSSR count). The SMILES string of the molecule is CCc1cc(Br)c([N+](=O)[O-])cc1C(=O)OC. The Morgan fingerprint density at radius 1 is 1.56 bits per heavy atom. The summed E-state index contributed by atoms with van der Waals surface area (Å²) in [7, 11) is 1.25. The first-order valence-corrected chi connectivity index (χ1v) is 5.35. The Morgan fingerprint density at radius 3 is 2.62 bits per heavy atom. The van der Waals surface area contributed by atoms with Crippen molar-refractivity contribution in [2.24, 2.45) is 0 Å². The first-order chi connectivity index (χ1) is 7.51. The maximum absolute atomic E-state index is 11.4. The molecule has 0 saturated carbocycles. The van der Waals surface area contributed by atoms with Crippen molar-refractivity contribution in [1.29, 1.82) is 0 Å². The number of hydrogen-bond donors (Lipinski definition) is 0. The number of carbonyl (C=O) groups is 1. The van der Waals surface area contributed by atoms with Gasteiger partial charge in [0.25, 0.3) is 5.69 Å². The molecule has 5 nitrogen and oxygen atoms in total. The van der Waals surface area contributed by atoms with E-state index in [-0.39, 0.29) is 11.3 Å². The normalized spacial score (nSPS) is 9.94. The number of aryl methyl sites for hydroxylation is 1. The predicted octanol–water partition coefficient (Wildman–Crippen LogP) is 2.71. The summed E-state index contributed by atoms with van der Waals surface area (Å²) >= 11 is 3.10. The molecule has 0 N–H and O–H groups in total. The van der Waals surface area contributed by atoms with E-state index in [9.17, 15) is 14.9 Å². The zero-order chi connectivity index (χ0) is 12.3. The first-order valence-electron chi connectivity index (χ1n) is 4.56. The molecule has 0 radical (unpaired) electrons. The molecule has 0 unspecified atom stereocenters. The van der Waals surface area contributed by atoms with Crippen LogP contribution in [0.1, 0.15) is 22.8 Å². The molecule has 0 aliphatic heterocycles. The van der Waals surface area contributed by atoms with E-state index in [4.69, 9.17) is 0 Å². The molecule has 0 aromatic heterocycles. The summed E-state index contributed by atoms with van der Waals surface area (Å²) in [4.78, 5) is 21.6. The van der Waals surface area contributed by atoms with Crippen LogP contribution in [0.4, 0.5) is 5.69 Å². The van der Waals surface area contributed by atoms with Gasteiger partial charge in [-0.1, -0.05) is 6.92 Å². The standard InChI is InChI=1S/C10H10BrNO4/c1-3-6-4-8(11)9(12(14)15)5-7(6)10(13)16-2/h4-5H,3H2,1-2H3. The van der Waals surface area contributed by atoms with Crippen molar-refractivity contribution in [2.45, 2.75) is 13.3 Å². The molecule has 0 amide bonds. The fraction of sp³-hybridized carbons (Fsp3) is 0.300. The number of esters is 1. The second-order valence-corrected chi connectivity index (χ2v) is 3.92. The topological polar surface area (TPSA) is 69.4 Å². The zero-order valence-electron chi connectivity index (χ0n) is 8.82. The number of methoxy groups -OCH3 is 1. The quantitative estimate of drug-likeness (QED) is 0.487. The van der Waals surface area contributed by atoms with Gasteiger partial charge in [-0.2, -0.15) is 0 Å². The molecule has 6 heteroatoms. The lowest BCUT2D eigenvalue weighted by molar-refractivity contribution is -0.385. The van der Waals surface area contributed by atoms with Crippen LogP contribution in [0.15, 0.2) is 16.6 Å². The van der Waals surface area contributed by atoms with E-state index in [1.165, 1.54) is 13.2 Å². The van der Waals surface area contributed by atoms with Crippen molar-refractivity contribution in [2.75, 3.05) is 7.11 Å². The molecule has 0 spiro atoms. The van der Waals surface area contributed by atoms with E-state index in [1.54, 1.807) is 6.07 Å². The fourth-order valence-corrected chi connectivity index (χ4v) is 1.87. The molecular formula is C10H10BrNO4. The van der Waals surface area contributed by atoms with Crippen LogP contribution in [0.2, 0.25) is 0 Å². The van der Waals surface area contributed by atoms with Gasteiger partial charge >= 0.3 is 5.97 Å². The Kier molecular flexibility index (Phi) is 4.00. The molecule has 0 fully saturated rings. The average molecular weight is 288 g/mol.